The summed E-state index contributed by atoms with van der Waals surface area (Å²) in [5, 5.41) is 5.72. The molecule has 3 saturated carbocycles. The quantitative estimate of drug-likeness (QED) is 0.699. The molecular weight excluding hydrogens is 414 g/mol. The van der Waals surface area contributed by atoms with Gasteiger partial charge in [-0.25, -0.2) is 8.78 Å². The van der Waals surface area contributed by atoms with Crippen LogP contribution in [0.25, 0.3) is 0 Å². The molecule has 2 amide bonds. The average molecular weight is 435 g/mol. The molecule has 0 saturated heterocycles. The van der Waals surface area contributed by atoms with Gasteiger partial charge in [-0.3, -0.25) is 9.59 Å². The highest BCUT2D eigenvalue weighted by Crippen LogP contribution is 2.58. The summed E-state index contributed by atoms with van der Waals surface area (Å²) in [4.78, 5) is 24.9. The third-order valence-electron chi connectivity index (χ3n) is 5.97. The largest absolute Gasteiger partial charge is 0.484 e. The van der Waals surface area contributed by atoms with Crippen LogP contribution in [0.4, 0.5) is 8.78 Å². The molecule has 0 heterocycles. The monoisotopic (exact) mass is 434 g/mol. The summed E-state index contributed by atoms with van der Waals surface area (Å²) in [7, 11) is 0. The first-order chi connectivity index (χ1) is 14.4. The molecule has 3 fully saturated rings. The highest BCUT2D eigenvalue weighted by Gasteiger charge is 2.60. The van der Waals surface area contributed by atoms with Crippen molar-refractivity contribution < 1.29 is 23.1 Å². The molecule has 1 unspecified atom stereocenters. The fourth-order valence-corrected chi connectivity index (χ4v) is 4.52. The first-order valence-electron chi connectivity index (χ1n) is 9.75. The Morgan fingerprint density at radius 2 is 1.87 bits per heavy atom. The number of carbonyl (C=O) groups is 2. The van der Waals surface area contributed by atoms with E-state index in [4.69, 9.17) is 16.3 Å². The van der Waals surface area contributed by atoms with Crippen molar-refractivity contribution in [1.29, 1.82) is 0 Å². The molecular formula is C22H21ClF2N2O3. The summed E-state index contributed by atoms with van der Waals surface area (Å²) in [5.41, 5.74) is -0.0645. The van der Waals surface area contributed by atoms with Gasteiger partial charge in [-0.1, -0.05) is 29.8 Å². The number of carbonyl (C=O) groups excluding carboxylic acids is 2. The zero-order valence-corrected chi connectivity index (χ0v) is 16.8. The van der Waals surface area contributed by atoms with Crippen molar-refractivity contribution in [2.75, 3.05) is 6.61 Å². The molecule has 2 bridgehead atoms. The Bertz CT molecular complexity index is 979. The molecule has 3 aliphatic rings. The highest BCUT2D eigenvalue weighted by molar-refractivity contribution is 6.30. The molecule has 2 N–H and O–H groups in total. The SMILES string of the molecule is O=C(COc1ccc(Cl)c(F)c1)NC1CC2(C(=O)NCc3ccccc3F)CC1C2. The number of benzene rings is 2. The van der Waals surface area contributed by atoms with Gasteiger partial charge in [0.2, 0.25) is 5.91 Å². The van der Waals surface area contributed by atoms with Crippen LogP contribution in [-0.2, 0) is 16.1 Å². The van der Waals surface area contributed by atoms with Crippen molar-refractivity contribution in [2.45, 2.75) is 31.8 Å². The number of amides is 2. The molecule has 5 rings (SSSR count). The molecule has 1 atom stereocenters. The maximum absolute atomic E-state index is 13.7. The van der Waals surface area contributed by atoms with Gasteiger partial charge in [-0.05, 0) is 43.4 Å². The van der Waals surface area contributed by atoms with Gasteiger partial charge in [-0.15, -0.1) is 0 Å². The summed E-state index contributed by atoms with van der Waals surface area (Å²) >= 11 is 5.62. The van der Waals surface area contributed by atoms with E-state index in [0.29, 0.717) is 24.8 Å². The average Bonchev–Trinajstić information content (AvgIpc) is 3.23. The Kier molecular flexibility index (Phi) is 5.64. The van der Waals surface area contributed by atoms with Gasteiger partial charge in [0.05, 0.1) is 10.4 Å². The van der Waals surface area contributed by atoms with Crippen LogP contribution in [0.15, 0.2) is 42.5 Å². The number of hydrogen-bond acceptors (Lipinski definition) is 3. The second kappa shape index (κ2) is 8.22. The summed E-state index contributed by atoms with van der Waals surface area (Å²) in [6, 6.07) is 10.2. The zero-order chi connectivity index (χ0) is 21.3. The van der Waals surface area contributed by atoms with E-state index in [1.165, 1.54) is 18.2 Å². The Hall–Kier alpha value is -2.67. The maximum Gasteiger partial charge on any atom is 0.258 e. The van der Waals surface area contributed by atoms with Crippen molar-refractivity contribution in [2.24, 2.45) is 11.3 Å². The second-order valence-corrected chi connectivity index (χ2v) is 8.37. The van der Waals surface area contributed by atoms with Crippen molar-refractivity contribution >= 4 is 23.4 Å². The predicted molar refractivity (Wildman–Crippen MR) is 107 cm³/mol. The van der Waals surface area contributed by atoms with E-state index in [2.05, 4.69) is 10.6 Å². The van der Waals surface area contributed by atoms with E-state index in [9.17, 15) is 18.4 Å². The Morgan fingerprint density at radius 3 is 2.60 bits per heavy atom. The lowest BCUT2D eigenvalue weighted by Crippen LogP contribution is -2.44. The number of ether oxygens (including phenoxy) is 1. The van der Waals surface area contributed by atoms with E-state index in [1.54, 1.807) is 18.2 Å². The van der Waals surface area contributed by atoms with Crippen molar-refractivity contribution in [3.63, 3.8) is 0 Å². The van der Waals surface area contributed by atoms with E-state index in [0.717, 1.165) is 6.07 Å². The number of nitrogens with one attached hydrogen (secondary N) is 2. The first kappa shape index (κ1) is 20.6. The van der Waals surface area contributed by atoms with E-state index < -0.39 is 11.2 Å². The van der Waals surface area contributed by atoms with Gasteiger partial charge in [0.15, 0.2) is 6.61 Å². The van der Waals surface area contributed by atoms with Gasteiger partial charge in [0.25, 0.3) is 5.91 Å². The van der Waals surface area contributed by atoms with Crippen LogP contribution < -0.4 is 15.4 Å². The Morgan fingerprint density at radius 1 is 1.10 bits per heavy atom. The lowest BCUT2D eigenvalue weighted by molar-refractivity contribution is -0.135. The van der Waals surface area contributed by atoms with Crippen LogP contribution in [-0.4, -0.2) is 24.5 Å². The van der Waals surface area contributed by atoms with Crippen LogP contribution in [0, 0.1) is 23.0 Å². The smallest absolute Gasteiger partial charge is 0.258 e. The lowest BCUT2D eigenvalue weighted by Gasteiger charge is -2.36. The van der Waals surface area contributed by atoms with E-state index in [-0.39, 0.29) is 53.5 Å². The second-order valence-electron chi connectivity index (χ2n) is 7.97. The van der Waals surface area contributed by atoms with Crippen molar-refractivity contribution in [3.05, 3.63) is 64.7 Å². The molecule has 2 aromatic rings. The van der Waals surface area contributed by atoms with Gasteiger partial charge in [0.1, 0.15) is 17.4 Å². The van der Waals surface area contributed by atoms with Gasteiger partial charge in [-0.2, -0.15) is 0 Å². The van der Waals surface area contributed by atoms with Crippen LogP contribution in [0.3, 0.4) is 0 Å². The number of halogens is 3. The zero-order valence-electron chi connectivity index (χ0n) is 16.1. The summed E-state index contributed by atoms with van der Waals surface area (Å²) in [5.74, 6) is -0.946. The van der Waals surface area contributed by atoms with Crippen LogP contribution >= 0.6 is 11.6 Å². The predicted octanol–water partition coefficient (Wildman–Crippen LogP) is 3.60. The lowest BCUT2D eigenvalue weighted by atomic mass is 9.69. The molecule has 0 aromatic heterocycles. The van der Waals surface area contributed by atoms with Crippen LogP contribution in [0.5, 0.6) is 5.75 Å². The molecule has 0 radical (unpaired) electrons. The number of rotatable bonds is 7. The molecule has 8 heteroatoms. The molecule has 2 aromatic carbocycles. The molecule has 0 spiro atoms. The first-order valence-corrected chi connectivity index (χ1v) is 10.1. The fraction of sp³-hybridized carbons (Fsp3) is 0.364. The van der Waals surface area contributed by atoms with Crippen LogP contribution in [0.2, 0.25) is 5.02 Å². The molecule has 5 nitrogen and oxygen atoms in total. The summed E-state index contributed by atoms with van der Waals surface area (Å²) in [6.45, 7) is -0.114. The molecule has 0 aliphatic heterocycles. The molecule has 158 valence electrons. The topological polar surface area (TPSA) is 67.4 Å². The highest BCUT2D eigenvalue weighted by atomic mass is 35.5. The van der Waals surface area contributed by atoms with E-state index in [1.807, 2.05) is 0 Å². The van der Waals surface area contributed by atoms with Crippen molar-refractivity contribution in [3.8, 4) is 5.75 Å². The molecule has 30 heavy (non-hydrogen) atoms. The molecule has 3 aliphatic carbocycles. The van der Waals surface area contributed by atoms with E-state index >= 15 is 0 Å². The standard InChI is InChI=1S/C22H21ClF2N2O3/c23-16-6-5-15(7-18(16)25)30-12-20(28)27-19-10-22(8-14(19)9-22)21(29)26-11-13-3-1-2-4-17(13)24/h1-7,14,19H,8-12H2,(H,26,29)(H,27,28). The van der Waals surface area contributed by atoms with Crippen LogP contribution in [0.1, 0.15) is 24.8 Å². The normalized spacial score (nSPS) is 24.1. The fourth-order valence-electron chi connectivity index (χ4n) is 4.40. The minimum Gasteiger partial charge on any atom is -0.484 e. The summed E-state index contributed by atoms with van der Waals surface area (Å²) in [6.07, 6.45) is 1.94. The minimum atomic E-state index is -0.616. The minimum absolute atomic E-state index is 0.0175. The van der Waals surface area contributed by atoms with Gasteiger partial charge < -0.3 is 15.4 Å². The number of hydrogen-bond donors (Lipinski definition) is 2. The van der Waals surface area contributed by atoms with Gasteiger partial charge >= 0.3 is 0 Å². The Balaban J connectivity index is 1.25. The maximum atomic E-state index is 13.7. The Labute approximate surface area is 177 Å². The number of fused-ring (bicyclic) bond motifs is 1. The third-order valence-corrected chi connectivity index (χ3v) is 6.28. The van der Waals surface area contributed by atoms with Gasteiger partial charge in [0, 0.05) is 24.2 Å². The third kappa shape index (κ3) is 4.12. The summed E-state index contributed by atoms with van der Waals surface area (Å²) < 4.78 is 32.5. The van der Waals surface area contributed by atoms with Crippen molar-refractivity contribution in [1.82, 2.24) is 10.6 Å².